The minimum atomic E-state index is -0.971. The number of hydrogen-bond donors (Lipinski definition) is 2. The van der Waals surface area contributed by atoms with Crippen LogP contribution < -0.4 is 10.1 Å². The van der Waals surface area contributed by atoms with Gasteiger partial charge in [0.15, 0.2) is 0 Å². The molecule has 1 saturated heterocycles. The second kappa shape index (κ2) is 8.22. The Morgan fingerprint density at radius 3 is 2.39 bits per heavy atom. The zero-order valence-electron chi connectivity index (χ0n) is 14.9. The summed E-state index contributed by atoms with van der Waals surface area (Å²) < 4.78 is 5.68. The molecule has 28 heavy (non-hydrogen) atoms. The van der Waals surface area contributed by atoms with E-state index in [-0.39, 0.29) is 17.8 Å². The topological polar surface area (TPSA) is 95.9 Å². The van der Waals surface area contributed by atoms with E-state index < -0.39 is 17.9 Å². The minimum absolute atomic E-state index is 0.155. The quantitative estimate of drug-likeness (QED) is 0.439. The molecule has 1 fully saturated rings. The van der Waals surface area contributed by atoms with Gasteiger partial charge in [-0.25, -0.2) is 9.59 Å². The maximum Gasteiger partial charge on any atom is 0.335 e. The zero-order valence-corrected chi connectivity index (χ0v) is 14.9. The number of rotatable bonds is 7. The Balaban J connectivity index is 1.62. The number of aromatic carboxylic acids is 1. The lowest BCUT2D eigenvalue weighted by molar-refractivity contribution is -0.122. The van der Waals surface area contributed by atoms with Gasteiger partial charge in [0.25, 0.3) is 5.91 Å². The van der Waals surface area contributed by atoms with Crippen molar-refractivity contribution in [3.05, 3.63) is 83.6 Å². The van der Waals surface area contributed by atoms with Gasteiger partial charge in [0.1, 0.15) is 18.1 Å². The Morgan fingerprint density at radius 1 is 1.11 bits per heavy atom. The zero-order chi connectivity index (χ0) is 20.1. The fourth-order valence-electron chi connectivity index (χ4n) is 2.60. The number of imide groups is 1. The minimum Gasteiger partial charge on any atom is -0.489 e. The first-order valence-electron chi connectivity index (χ1n) is 8.48. The van der Waals surface area contributed by atoms with Crippen LogP contribution in [0.5, 0.6) is 5.75 Å². The van der Waals surface area contributed by atoms with Gasteiger partial charge in [0.05, 0.1) is 5.56 Å². The largest absolute Gasteiger partial charge is 0.489 e. The Morgan fingerprint density at radius 2 is 1.79 bits per heavy atom. The molecule has 0 unspecified atom stereocenters. The molecule has 7 nitrogen and oxygen atoms in total. The van der Waals surface area contributed by atoms with Crippen molar-refractivity contribution in [2.24, 2.45) is 0 Å². The molecule has 0 atom stereocenters. The van der Waals surface area contributed by atoms with Crippen molar-refractivity contribution in [2.75, 3.05) is 6.54 Å². The molecule has 3 amide bonds. The highest BCUT2D eigenvalue weighted by molar-refractivity contribution is 6.14. The second-order valence-electron chi connectivity index (χ2n) is 6.05. The van der Waals surface area contributed by atoms with Crippen molar-refractivity contribution in [3.63, 3.8) is 0 Å². The highest BCUT2D eigenvalue weighted by Gasteiger charge is 2.32. The Hall–Kier alpha value is -3.87. The summed E-state index contributed by atoms with van der Waals surface area (Å²) in [6.45, 7) is 3.98. The maximum atomic E-state index is 12.2. The van der Waals surface area contributed by atoms with Crippen molar-refractivity contribution >= 4 is 24.0 Å². The summed E-state index contributed by atoms with van der Waals surface area (Å²) in [6, 6.07) is 13.0. The summed E-state index contributed by atoms with van der Waals surface area (Å²) in [4.78, 5) is 35.9. The van der Waals surface area contributed by atoms with E-state index in [1.165, 1.54) is 18.2 Å². The predicted octanol–water partition coefficient (Wildman–Crippen LogP) is 3.04. The van der Waals surface area contributed by atoms with Crippen molar-refractivity contribution in [1.29, 1.82) is 0 Å². The molecule has 0 aromatic heterocycles. The highest BCUT2D eigenvalue weighted by atomic mass is 16.5. The number of carboxylic acid groups (broad SMARTS) is 1. The first kappa shape index (κ1) is 18.9. The lowest BCUT2D eigenvalue weighted by Crippen LogP contribution is -2.30. The molecule has 0 spiro atoms. The fourth-order valence-corrected chi connectivity index (χ4v) is 2.60. The highest BCUT2D eigenvalue weighted by Crippen LogP contribution is 2.18. The number of nitrogens with zero attached hydrogens (tertiary/aromatic N) is 1. The molecule has 0 bridgehead atoms. The molecular weight excluding hydrogens is 360 g/mol. The first-order valence-corrected chi connectivity index (χ1v) is 8.48. The van der Waals surface area contributed by atoms with Crippen LogP contribution in [0.15, 0.2) is 66.9 Å². The van der Waals surface area contributed by atoms with E-state index in [0.29, 0.717) is 12.4 Å². The van der Waals surface area contributed by atoms with Crippen LogP contribution in [0.2, 0.25) is 0 Å². The molecular formula is C21H18N2O5. The van der Waals surface area contributed by atoms with Gasteiger partial charge in [-0.3, -0.25) is 9.69 Å². The van der Waals surface area contributed by atoms with E-state index in [1.807, 2.05) is 0 Å². The van der Waals surface area contributed by atoms with Crippen LogP contribution in [0, 0.1) is 0 Å². The van der Waals surface area contributed by atoms with Gasteiger partial charge in [-0.1, -0.05) is 30.3 Å². The van der Waals surface area contributed by atoms with Crippen LogP contribution in [0.1, 0.15) is 21.5 Å². The van der Waals surface area contributed by atoms with E-state index in [1.54, 1.807) is 42.5 Å². The molecule has 2 aromatic carbocycles. The number of amides is 3. The first-order chi connectivity index (χ1) is 13.5. The summed E-state index contributed by atoms with van der Waals surface area (Å²) in [5.74, 6) is -0.740. The third kappa shape index (κ3) is 4.27. The number of carboxylic acids is 1. The monoisotopic (exact) mass is 378 g/mol. The second-order valence-corrected chi connectivity index (χ2v) is 6.05. The van der Waals surface area contributed by atoms with Crippen LogP contribution in [-0.4, -0.2) is 34.5 Å². The smallest absolute Gasteiger partial charge is 0.335 e. The average molecular weight is 378 g/mol. The van der Waals surface area contributed by atoms with Gasteiger partial charge in [0.2, 0.25) is 0 Å². The van der Waals surface area contributed by atoms with Crippen molar-refractivity contribution in [1.82, 2.24) is 10.2 Å². The van der Waals surface area contributed by atoms with Crippen molar-refractivity contribution in [2.45, 2.75) is 6.61 Å². The summed E-state index contributed by atoms with van der Waals surface area (Å²) in [5.41, 5.74) is 2.01. The number of benzene rings is 2. The fraction of sp³-hybridized carbons (Fsp3) is 0.0952. The predicted molar refractivity (Wildman–Crippen MR) is 103 cm³/mol. The molecule has 1 aliphatic heterocycles. The van der Waals surface area contributed by atoms with Crippen molar-refractivity contribution in [3.8, 4) is 5.75 Å². The third-order valence-corrected chi connectivity index (χ3v) is 4.07. The molecule has 1 aliphatic rings. The Kier molecular flexibility index (Phi) is 5.55. The number of carbonyl (C=O) groups excluding carboxylic acids is 2. The molecule has 3 rings (SSSR count). The molecule has 7 heteroatoms. The van der Waals surface area contributed by atoms with Gasteiger partial charge in [0, 0.05) is 6.54 Å². The van der Waals surface area contributed by atoms with Crippen LogP contribution in [0.3, 0.4) is 0 Å². The Bertz CT molecular complexity index is 946. The molecule has 142 valence electrons. The SMILES string of the molecule is C=CCN1C(=O)NC(=Cc2ccc(OCc3ccc(C(=O)O)cc3)cc2)C1=O. The summed E-state index contributed by atoms with van der Waals surface area (Å²) in [6.07, 6.45) is 3.08. The Labute approximate surface area is 161 Å². The van der Waals surface area contributed by atoms with Gasteiger partial charge >= 0.3 is 12.0 Å². The normalized spacial score (nSPS) is 14.9. The van der Waals surface area contributed by atoms with E-state index in [4.69, 9.17) is 9.84 Å². The average Bonchev–Trinajstić information content (AvgIpc) is 2.95. The van der Waals surface area contributed by atoms with Crippen molar-refractivity contribution < 1.29 is 24.2 Å². The van der Waals surface area contributed by atoms with Crippen LogP contribution in [0.25, 0.3) is 6.08 Å². The van der Waals surface area contributed by atoms with Gasteiger partial charge < -0.3 is 15.2 Å². The molecule has 2 N–H and O–H groups in total. The van der Waals surface area contributed by atoms with E-state index >= 15 is 0 Å². The summed E-state index contributed by atoms with van der Waals surface area (Å²) in [7, 11) is 0. The van der Waals surface area contributed by atoms with Gasteiger partial charge in [-0.2, -0.15) is 0 Å². The standard InChI is InChI=1S/C21H18N2O5/c1-2-11-23-19(24)18(22-21(23)27)12-14-5-9-17(10-6-14)28-13-15-3-7-16(8-4-15)20(25)26/h2-10,12H,1,11,13H2,(H,22,27)(H,25,26). The third-order valence-electron chi connectivity index (χ3n) is 4.07. The van der Waals surface area contributed by atoms with E-state index in [9.17, 15) is 14.4 Å². The summed E-state index contributed by atoms with van der Waals surface area (Å²) >= 11 is 0. The number of carbonyl (C=O) groups is 3. The summed E-state index contributed by atoms with van der Waals surface area (Å²) in [5, 5.41) is 11.4. The number of urea groups is 1. The van der Waals surface area contributed by atoms with Crippen LogP contribution >= 0.6 is 0 Å². The van der Waals surface area contributed by atoms with E-state index in [2.05, 4.69) is 11.9 Å². The van der Waals surface area contributed by atoms with E-state index in [0.717, 1.165) is 16.0 Å². The molecule has 1 heterocycles. The van der Waals surface area contributed by atoms with Gasteiger partial charge in [-0.15, -0.1) is 6.58 Å². The number of ether oxygens (including phenoxy) is 1. The number of hydrogen-bond acceptors (Lipinski definition) is 4. The molecule has 2 aromatic rings. The lowest BCUT2D eigenvalue weighted by Gasteiger charge is -2.07. The molecule has 0 aliphatic carbocycles. The van der Waals surface area contributed by atoms with Gasteiger partial charge in [-0.05, 0) is 41.5 Å². The molecule has 0 saturated carbocycles. The van der Waals surface area contributed by atoms with Crippen LogP contribution in [0.4, 0.5) is 4.79 Å². The lowest BCUT2D eigenvalue weighted by atomic mass is 10.1. The maximum absolute atomic E-state index is 12.2. The number of nitrogens with one attached hydrogen (secondary N) is 1. The van der Waals surface area contributed by atoms with Crippen LogP contribution in [-0.2, 0) is 11.4 Å². The molecule has 0 radical (unpaired) electrons.